The van der Waals surface area contributed by atoms with Crippen LogP contribution in [-0.2, 0) is 31.8 Å². The molecule has 0 radical (unpaired) electrons. The van der Waals surface area contributed by atoms with Gasteiger partial charge in [0.15, 0.2) is 11.5 Å². The molecule has 0 aromatic heterocycles. The van der Waals surface area contributed by atoms with E-state index in [4.69, 9.17) is 19.8 Å². The van der Waals surface area contributed by atoms with Crippen molar-refractivity contribution in [2.45, 2.75) is 12.1 Å². The second kappa shape index (κ2) is 10.3. The maximum atomic E-state index is 14.7. The zero-order valence-electron chi connectivity index (χ0n) is 20.2. The first-order valence-corrected chi connectivity index (χ1v) is 12.9. The van der Waals surface area contributed by atoms with Gasteiger partial charge in [-0.25, -0.2) is 9.38 Å². The molecule has 11 heteroatoms. The van der Waals surface area contributed by atoms with E-state index >= 15 is 0 Å². The van der Waals surface area contributed by atoms with E-state index in [2.05, 4.69) is 4.99 Å². The van der Waals surface area contributed by atoms with Gasteiger partial charge in [0, 0.05) is 12.6 Å². The molecular formula is C26H26FN3O6S. The fraction of sp³-hybridized carbons (Fsp3) is 0.231. The first-order valence-electron chi connectivity index (χ1n) is 11.3. The third-order valence-electron chi connectivity index (χ3n) is 6.13. The van der Waals surface area contributed by atoms with Crippen molar-refractivity contribution in [2.75, 3.05) is 26.5 Å². The molecule has 4 rings (SSSR count). The van der Waals surface area contributed by atoms with Crippen molar-refractivity contribution in [2.24, 2.45) is 10.7 Å². The monoisotopic (exact) mass is 527 g/mol. The van der Waals surface area contributed by atoms with Gasteiger partial charge in [0.25, 0.3) is 16.0 Å². The molecule has 0 saturated carbocycles. The molecule has 1 aliphatic heterocycles. The molecule has 1 atom stereocenters. The summed E-state index contributed by atoms with van der Waals surface area (Å²) in [4.78, 5) is 19.4. The molecule has 0 fully saturated rings. The molecule has 3 aromatic carbocycles. The first kappa shape index (κ1) is 26.3. The Morgan fingerprint density at radius 3 is 2.43 bits per heavy atom. The average Bonchev–Trinajstić information content (AvgIpc) is 3.11. The van der Waals surface area contributed by atoms with Crippen LogP contribution in [0.5, 0.6) is 5.75 Å². The summed E-state index contributed by atoms with van der Waals surface area (Å²) in [5.74, 6) is -0.785. The number of guanidine groups is 1. The maximum Gasteiger partial charge on any atom is 0.267 e. The number of carbonyl (C=O) groups excluding carboxylic acids is 1. The van der Waals surface area contributed by atoms with Gasteiger partial charge in [-0.05, 0) is 46.5 Å². The van der Waals surface area contributed by atoms with E-state index < -0.39 is 27.2 Å². The van der Waals surface area contributed by atoms with Crippen molar-refractivity contribution in [1.82, 2.24) is 4.90 Å². The molecule has 3 aromatic rings. The summed E-state index contributed by atoms with van der Waals surface area (Å²) in [6.45, 7) is -0.0606. The van der Waals surface area contributed by atoms with E-state index in [9.17, 15) is 17.6 Å². The number of likely N-dealkylation sites (N-methyl/N-ethyl adjacent to an activating group) is 1. The van der Waals surface area contributed by atoms with Crippen molar-refractivity contribution < 1.29 is 31.6 Å². The third-order valence-corrected chi connectivity index (χ3v) is 6.81. The van der Waals surface area contributed by atoms with Crippen LogP contribution in [0.1, 0.15) is 16.7 Å². The molecular weight excluding hydrogens is 501 g/mol. The Kier molecular flexibility index (Phi) is 7.30. The van der Waals surface area contributed by atoms with Gasteiger partial charge >= 0.3 is 0 Å². The largest absolute Gasteiger partial charge is 0.497 e. The number of aliphatic imine (C=N–C) groups is 1. The molecule has 0 aliphatic carbocycles. The first-order chi connectivity index (χ1) is 17.5. The number of rotatable bonds is 9. The van der Waals surface area contributed by atoms with E-state index in [-0.39, 0.29) is 25.1 Å². The van der Waals surface area contributed by atoms with Gasteiger partial charge in [-0.15, -0.1) is 0 Å². The molecule has 37 heavy (non-hydrogen) atoms. The fourth-order valence-corrected chi connectivity index (χ4v) is 4.47. The SMILES string of the molecule is COc1ccc(F)c(-c2cccc(C3(c4ccc(COCCS(=O)(=O)O)cc4)N=C(N)N(C)C3=O)c2)c1. The summed E-state index contributed by atoms with van der Waals surface area (Å²) in [5.41, 5.74) is 7.18. The molecule has 0 bridgehead atoms. The van der Waals surface area contributed by atoms with E-state index in [0.29, 0.717) is 28.0 Å². The number of halogens is 1. The molecule has 0 saturated heterocycles. The predicted molar refractivity (Wildman–Crippen MR) is 136 cm³/mol. The van der Waals surface area contributed by atoms with Gasteiger partial charge in [-0.2, -0.15) is 8.42 Å². The van der Waals surface area contributed by atoms with E-state index in [1.54, 1.807) is 54.6 Å². The summed E-state index contributed by atoms with van der Waals surface area (Å²) < 4.78 is 55.8. The van der Waals surface area contributed by atoms with Crippen molar-refractivity contribution in [3.05, 3.63) is 89.2 Å². The molecule has 194 valence electrons. The summed E-state index contributed by atoms with van der Waals surface area (Å²) >= 11 is 0. The highest BCUT2D eigenvalue weighted by molar-refractivity contribution is 7.85. The van der Waals surface area contributed by atoms with Crippen LogP contribution in [-0.4, -0.2) is 56.3 Å². The summed E-state index contributed by atoms with van der Waals surface area (Å²) in [6.07, 6.45) is 0. The quantitative estimate of drug-likeness (QED) is 0.323. The van der Waals surface area contributed by atoms with Crippen molar-refractivity contribution >= 4 is 22.0 Å². The average molecular weight is 528 g/mol. The van der Waals surface area contributed by atoms with E-state index in [1.807, 2.05) is 0 Å². The topological polar surface area (TPSA) is 132 Å². The van der Waals surface area contributed by atoms with E-state index in [0.717, 1.165) is 5.56 Å². The Morgan fingerprint density at radius 2 is 1.81 bits per heavy atom. The van der Waals surface area contributed by atoms with Gasteiger partial charge in [-0.1, -0.05) is 42.5 Å². The zero-order valence-corrected chi connectivity index (χ0v) is 21.0. The molecule has 9 nitrogen and oxygen atoms in total. The lowest BCUT2D eigenvalue weighted by molar-refractivity contribution is -0.129. The lowest BCUT2D eigenvalue weighted by Gasteiger charge is -2.27. The number of hydrogen-bond acceptors (Lipinski definition) is 7. The van der Waals surface area contributed by atoms with Crippen LogP contribution in [0.2, 0.25) is 0 Å². The van der Waals surface area contributed by atoms with Crippen LogP contribution in [0.25, 0.3) is 11.1 Å². The van der Waals surface area contributed by atoms with Gasteiger partial charge in [-0.3, -0.25) is 14.2 Å². The second-order valence-corrected chi connectivity index (χ2v) is 10.1. The Hall–Kier alpha value is -3.80. The van der Waals surface area contributed by atoms with Gasteiger partial charge in [0.1, 0.15) is 11.6 Å². The number of amides is 1. The smallest absolute Gasteiger partial charge is 0.267 e. The minimum atomic E-state index is -4.11. The highest BCUT2D eigenvalue weighted by Crippen LogP contribution is 2.41. The Morgan fingerprint density at radius 1 is 1.08 bits per heavy atom. The van der Waals surface area contributed by atoms with Crippen molar-refractivity contribution in [1.29, 1.82) is 0 Å². The predicted octanol–water partition coefficient (Wildman–Crippen LogP) is 2.94. The zero-order chi connectivity index (χ0) is 26.8. The van der Waals surface area contributed by atoms with Crippen LogP contribution < -0.4 is 10.5 Å². The van der Waals surface area contributed by atoms with Crippen LogP contribution in [0.4, 0.5) is 4.39 Å². The summed E-state index contributed by atoms with van der Waals surface area (Å²) in [7, 11) is -1.08. The highest BCUT2D eigenvalue weighted by Gasteiger charge is 2.49. The number of nitrogens with zero attached hydrogens (tertiary/aromatic N) is 2. The minimum Gasteiger partial charge on any atom is -0.497 e. The van der Waals surface area contributed by atoms with Gasteiger partial charge < -0.3 is 15.2 Å². The minimum absolute atomic E-state index is 0.0422. The number of nitrogens with two attached hydrogens (primary N) is 1. The second-order valence-electron chi connectivity index (χ2n) is 8.51. The standard InChI is InChI=1S/C26H26FN3O6S/c1-30-24(31)26(29-25(30)28,19-8-6-17(7-9-19)16-36-12-13-37(32,33)34)20-5-3-4-18(14-20)22-15-21(35-2)10-11-23(22)27/h3-11,14-15H,12-13,16H2,1-2H3,(H2,28,29)(H,32,33,34). The third kappa shape index (κ3) is 5.33. The van der Waals surface area contributed by atoms with E-state index in [1.165, 1.54) is 31.2 Å². The Balaban J connectivity index is 1.72. The summed E-state index contributed by atoms with van der Waals surface area (Å²) in [5, 5.41) is 0. The molecule has 1 aliphatic rings. The molecule has 0 spiro atoms. The number of hydrogen-bond donors (Lipinski definition) is 2. The number of ether oxygens (including phenoxy) is 2. The Bertz CT molecular complexity index is 1460. The molecule has 1 amide bonds. The normalized spacial score (nSPS) is 17.7. The van der Waals surface area contributed by atoms with Crippen LogP contribution >= 0.6 is 0 Å². The van der Waals surface area contributed by atoms with Crippen LogP contribution in [0.15, 0.2) is 71.7 Å². The van der Waals surface area contributed by atoms with Gasteiger partial charge in [0.05, 0.1) is 26.1 Å². The number of methoxy groups -OCH3 is 1. The highest BCUT2D eigenvalue weighted by atomic mass is 32.2. The van der Waals surface area contributed by atoms with Crippen LogP contribution in [0, 0.1) is 5.82 Å². The number of carbonyl (C=O) groups is 1. The fourth-order valence-electron chi connectivity index (χ4n) is 4.14. The number of benzene rings is 3. The molecule has 1 unspecified atom stereocenters. The summed E-state index contributed by atoms with van der Waals surface area (Å²) in [6, 6.07) is 18.2. The lowest BCUT2D eigenvalue weighted by atomic mass is 9.81. The lowest BCUT2D eigenvalue weighted by Crippen LogP contribution is -2.41. The van der Waals surface area contributed by atoms with Crippen molar-refractivity contribution in [3.8, 4) is 16.9 Å². The molecule has 3 N–H and O–H groups in total. The van der Waals surface area contributed by atoms with Crippen LogP contribution in [0.3, 0.4) is 0 Å². The maximum absolute atomic E-state index is 14.7. The van der Waals surface area contributed by atoms with Crippen molar-refractivity contribution in [3.63, 3.8) is 0 Å². The van der Waals surface area contributed by atoms with Gasteiger partial charge in [0.2, 0.25) is 0 Å². The Labute approximate surface area is 214 Å². The molecule has 1 heterocycles.